The van der Waals surface area contributed by atoms with Gasteiger partial charge in [0.2, 0.25) is 10.9 Å². The third-order valence-corrected chi connectivity index (χ3v) is 9.08. The number of halogens is 2. The van der Waals surface area contributed by atoms with Gasteiger partial charge in [-0.2, -0.15) is 0 Å². The molecule has 38 heavy (non-hydrogen) atoms. The fraction of sp³-hybridized carbons (Fsp3) is 0. The summed E-state index contributed by atoms with van der Waals surface area (Å²) >= 11 is 12.6. The summed E-state index contributed by atoms with van der Waals surface area (Å²) < 4.78 is 0. The maximum atomic E-state index is 13.7. The summed E-state index contributed by atoms with van der Waals surface area (Å²) in [4.78, 5) is 35.3. The van der Waals surface area contributed by atoms with Gasteiger partial charge < -0.3 is 9.97 Å². The highest BCUT2D eigenvalue weighted by Gasteiger charge is 2.20. The van der Waals surface area contributed by atoms with Crippen molar-refractivity contribution in [2.24, 2.45) is 0 Å². The Morgan fingerprint density at radius 1 is 0.526 bits per heavy atom. The number of benzene rings is 4. The minimum absolute atomic E-state index is 0.117. The second-order valence-electron chi connectivity index (χ2n) is 8.60. The number of H-pyrrole nitrogens is 2. The minimum Gasteiger partial charge on any atom is -0.353 e. The molecule has 0 bridgehead atoms. The largest absolute Gasteiger partial charge is 0.353 e. The molecule has 0 aliphatic rings. The second kappa shape index (κ2) is 10.4. The maximum absolute atomic E-state index is 13.7. The topological polar surface area (TPSA) is 65.7 Å². The number of aromatic amines is 2. The van der Waals surface area contributed by atoms with E-state index in [0.29, 0.717) is 42.0 Å². The smallest absolute Gasteiger partial charge is 0.204 e. The molecule has 6 rings (SSSR count). The lowest BCUT2D eigenvalue weighted by atomic mass is 10.1. The first kappa shape index (κ1) is 24.9. The summed E-state index contributed by atoms with van der Waals surface area (Å²) in [6.07, 6.45) is 0. The fourth-order valence-corrected chi connectivity index (χ4v) is 7.25. The van der Waals surface area contributed by atoms with Crippen molar-refractivity contribution in [2.75, 3.05) is 0 Å². The van der Waals surface area contributed by atoms with Crippen LogP contribution in [0.4, 0.5) is 0 Å². The standard InChI is InChI=1S/C30H18Cl2N2O2S2/c31-19-9-5-7-17(15-19)25-29(27(35)21-11-1-3-13-23(21)33-25)37-38-30-26(18-8-6-10-20(32)16-18)34-24-14-4-2-12-22(24)28(30)36/h1-16H,(H,33,35)(H,34,36). The van der Waals surface area contributed by atoms with Gasteiger partial charge in [-0.25, -0.2) is 0 Å². The Morgan fingerprint density at radius 3 is 1.37 bits per heavy atom. The predicted molar refractivity (Wildman–Crippen MR) is 162 cm³/mol. The zero-order valence-electron chi connectivity index (χ0n) is 19.6. The van der Waals surface area contributed by atoms with Crippen LogP contribution in [0.15, 0.2) is 116 Å². The highest BCUT2D eigenvalue weighted by molar-refractivity contribution is 8.76. The lowest BCUT2D eigenvalue weighted by molar-refractivity contribution is 1.26. The number of nitrogens with one attached hydrogen (secondary N) is 2. The Kier molecular flexibility index (Phi) is 6.80. The summed E-state index contributed by atoms with van der Waals surface area (Å²) in [5.41, 5.74) is 4.08. The summed E-state index contributed by atoms with van der Waals surface area (Å²) in [6.45, 7) is 0. The maximum Gasteiger partial charge on any atom is 0.204 e. The zero-order chi connectivity index (χ0) is 26.2. The molecular weight excluding hydrogens is 555 g/mol. The normalized spacial score (nSPS) is 11.3. The van der Waals surface area contributed by atoms with Crippen LogP contribution in [-0.4, -0.2) is 9.97 Å². The Morgan fingerprint density at radius 2 is 0.947 bits per heavy atom. The van der Waals surface area contributed by atoms with Gasteiger partial charge in [-0.3, -0.25) is 9.59 Å². The van der Waals surface area contributed by atoms with Crippen molar-refractivity contribution in [1.82, 2.24) is 9.97 Å². The Hall–Kier alpha value is -3.42. The molecule has 0 unspecified atom stereocenters. The first-order chi connectivity index (χ1) is 18.5. The van der Waals surface area contributed by atoms with Gasteiger partial charge in [0, 0.05) is 43.0 Å². The number of fused-ring (bicyclic) bond motifs is 2. The number of aromatic nitrogens is 2. The van der Waals surface area contributed by atoms with Gasteiger partial charge >= 0.3 is 0 Å². The molecule has 2 heterocycles. The molecule has 186 valence electrons. The molecule has 4 aromatic carbocycles. The molecule has 2 aromatic heterocycles. The number of hydrogen-bond donors (Lipinski definition) is 2. The number of rotatable bonds is 5. The zero-order valence-corrected chi connectivity index (χ0v) is 22.8. The number of hydrogen-bond acceptors (Lipinski definition) is 4. The van der Waals surface area contributed by atoms with Crippen LogP contribution < -0.4 is 10.9 Å². The van der Waals surface area contributed by atoms with E-state index in [0.717, 1.165) is 22.2 Å². The van der Waals surface area contributed by atoms with E-state index in [1.54, 1.807) is 24.3 Å². The molecule has 0 radical (unpaired) electrons. The van der Waals surface area contributed by atoms with E-state index in [1.807, 2.05) is 72.8 Å². The van der Waals surface area contributed by atoms with Crippen molar-refractivity contribution in [3.63, 3.8) is 0 Å². The average Bonchev–Trinajstić information content (AvgIpc) is 2.93. The van der Waals surface area contributed by atoms with Crippen molar-refractivity contribution in [3.05, 3.63) is 128 Å². The van der Waals surface area contributed by atoms with E-state index < -0.39 is 0 Å². The van der Waals surface area contributed by atoms with Crippen LogP contribution in [-0.2, 0) is 0 Å². The van der Waals surface area contributed by atoms with Crippen molar-refractivity contribution in [2.45, 2.75) is 9.79 Å². The molecule has 6 aromatic rings. The molecule has 4 nitrogen and oxygen atoms in total. The van der Waals surface area contributed by atoms with Gasteiger partial charge in [-0.1, -0.05) is 71.7 Å². The molecule has 0 amide bonds. The van der Waals surface area contributed by atoms with E-state index in [9.17, 15) is 9.59 Å². The van der Waals surface area contributed by atoms with Gasteiger partial charge in [0.25, 0.3) is 0 Å². The van der Waals surface area contributed by atoms with Crippen molar-refractivity contribution >= 4 is 66.6 Å². The van der Waals surface area contributed by atoms with Crippen LogP contribution in [0.25, 0.3) is 44.3 Å². The van der Waals surface area contributed by atoms with Crippen LogP contribution in [0.2, 0.25) is 10.0 Å². The monoisotopic (exact) mass is 572 g/mol. The number of para-hydroxylation sites is 2. The van der Waals surface area contributed by atoms with Crippen LogP contribution in [0.5, 0.6) is 0 Å². The minimum atomic E-state index is -0.117. The lowest BCUT2D eigenvalue weighted by Crippen LogP contribution is -2.10. The van der Waals surface area contributed by atoms with E-state index in [-0.39, 0.29) is 10.9 Å². The van der Waals surface area contributed by atoms with Crippen molar-refractivity contribution in [1.29, 1.82) is 0 Å². The van der Waals surface area contributed by atoms with Gasteiger partial charge in [0.15, 0.2) is 0 Å². The SMILES string of the molecule is O=c1c(SSc2c(-c3cccc(Cl)c3)[nH]c3ccccc3c2=O)c(-c2cccc(Cl)c2)[nH]c2ccccc12. The Labute approximate surface area is 235 Å². The van der Waals surface area contributed by atoms with E-state index in [1.165, 1.54) is 21.6 Å². The van der Waals surface area contributed by atoms with Crippen LogP contribution in [0.1, 0.15) is 0 Å². The van der Waals surface area contributed by atoms with E-state index in [2.05, 4.69) is 9.97 Å². The molecular formula is C30H18Cl2N2O2S2. The summed E-state index contributed by atoms with van der Waals surface area (Å²) in [5.74, 6) is 0. The average molecular weight is 574 g/mol. The fourth-order valence-electron chi connectivity index (χ4n) is 4.37. The predicted octanol–water partition coefficient (Wildman–Crippen LogP) is 8.81. The number of pyridine rings is 2. The quantitative estimate of drug-likeness (QED) is 0.202. The Bertz CT molecular complexity index is 1820. The lowest BCUT2D eigenvalue weighted by Gasteiger charge is -2.14. The molecule has 0 aliphatic heterocycles. The molecule has 0 atom stereocenters. The molecule has 0 saturated carbocycles. The van der Waals surface area contributed by atoms with Gasteiger partial charge in [-0.15, -0.1) is 0 Å². The van der Waals surface area contributed by atoms with Gasteiger partial charge in [-0.05, 0) is 70.1 Å². The van der Waals surface area contributed by atoms with Crippen molar-refractivity contribution in [3.8, 4) is 22.5 Å². The molecule has 0 saturated heterocycles. The highest BCUT2D eigenvalue weighted by atomic mass is 35.5. The van der Waals surface area contributed by atoms with Crippen LogP contribution in [0, 0.1) is 0 Å². The van der Waals surface area contributed by atoms with E-state index in [4.69, 9.17) is 23.2 Å². The summed E-state index contributed by atoms with van der Waals surface area (Å²) in [6, 6.07) is 29.5. The van der Waals surface area contributed by atoms with Crippen LogP contribution >= 0.6 is 44.8 Å². The summed E-state index contributed by atoms with van der Waals surface area (Å²) in [7, 11) is 2.51. The van der Waals surface area contributed by atoms with Crippen LogP contribution in [0.3, 0.4) is 0 Å². The molecule has 8 heteroatoms. The van der Waals surface area contributed by atoms with E-state index >= 15 is 0 Å². The third-order valence-electron chi connectivity index (χ3n) is 6.16. The molecule has 0 fully saturated rings. The first-order valence-electron chi connectivity index (χ1n) is 11.7. The molecule has 0 spiro atoms. The van der Waals surface area contributed by atoms with Crippen molar-refractivity contribution < 1.29 is 0 Å². The third kappa shape index (κ3) is 4.65. The van der Waals surface area contributed by atoms with Gasteiger partial charge in [0.05, 0.1) is 21.2 Å². The Balaban J connectivity index is 1.54. The first-order valence-corrected chi connectivity index (χ1v) is 14.6. The van der Waals surface area contributed by atoms with Gasteiger partial charge in [0.1, 0.15) is 0 Å². The molecule has 2 N–H and O–H groups in total. The second-order valence-corrected chi connectivity index (χ2v) is 11.6. The molecule has 0 aliphatic carbocycles. The highest BCUT2D eigenvalue weighted by Crippen LogP contribution is 2.43. The summed E-state index contributed by atoms with van der Waals surface area (Å²) in [5, 5.41) is 2.27.